The zero-order valence-corrected chi connectivity index (χ0v) is 43.8. The van der Waals surface area contributed by atoms with E-state index >= 15 is 0 Å². The van der Waals surface area contributed by atoms with Crippen LogP contribution in [-0.2, 0) is 33.8 Å². The quantitative estimate of drug-likeness (QED) is 0.0193. The van der Waals surface area contributed by atoms with Crippen LogP contribution in [0, 0.1) is 47.0 Å². The van der Waals surface area contributed by atoms with Gasteiger partial charge >= 0.3 is 23.7 Å². The van der Waals surface area contributed by atoms with E-state index in [2.05, 4.69) is 96.2 Å². The van der Waals surface area contributed by atoms with Crippen molar-refractivity contribution in [2.45, 2.75) is 239 Å². The molecule has 1 aromatic rings. The summed E-state index contributed by atoms with van der Waals surface area (Å²) in [5, 5.41) is 12.0. The third-order valence-corrected chi connectivity index (χ3v) is 8.97. The SMILES string of the molecule is C=C[CH2-].C=C[CH2-].O=S(=O)(O)c1ccccc1.OO.[CH2-]C(C)(C)C.[CH2-]CCCCCCCCCCC.[CH2-]CCCCCCCCCCC.[CH2-]CCCCCCCCCCC.[O]=[Ti]. The van der Waals surface area contributed by atoms with E-state index in [0.29, 0.717) is 0 Å². The van der Waals surface area contributed by atoms with E-state index in [1.807, 2.05) is 0 Å². The molecule has 0 aliphatic carbocycles. The van der Waals surface area contributed by atoms with E-state index < -0.39 is 10.1 Å². The molecule has 6 nitrogen and oxygen atoms in total. The topological polar surface area (TPSA) is 112 Å². The van der Waals surface area contributed by atoms with Gasteiger partial charge in [0.2, 0.25) is 0 Å². The first-order valence-corrected chi connectivity index (χ1v) is 25.7. The van der Waals surface area contributed by atoms with Gasteiger partial charge in [-0.2, -0.15) is 33.1 Å². The van der Waals surface area contributed by atoms with E-state index in [0.717, 1.165) is 39.7 Å². The maximum absolute atomic E-state index is 10.4. The van der Waals surface area contributed by atoms with Crippen molar-refractivity contribution in [3.8, 4) is 0 Å². The fourth-order valence-electron chi connectivity index (χ4n) is 5.05. The first kappa shape index (κ1) is 77.0. The summed E-state index contributed by atoms with van der Waals surface area (Å²) in [7, 11) is -4.00. The molecule has 0 radical (unpaired) electrons. The molecule has 0 saturated heterocycles. The predicted octanol–water partition coefficient (Wildman–Crippen LogP) is 18.9. The number of allylic oxidation sites excluding steroid dienone is 2. The van der Waals surface area contributed by atoms with Crippen molar-refractivity contribution in [1.29, 1.82) is 0 Å². The molecule has 0 fully saturated rings. The van der Waals surface area contributed by atoms with Crippen LogP contribution in [0.15, 0.2) is 60.5 Å². The molecule has 0 bridgehead atoms. The average Bonchev–Trinajstić information content (AvgIpc) is 3.23. The summed E-state index contributed by atoms with van der Waals surface area (Å²) in [4.78, 5) is -0.0741. The summed E-state index contributed by atoms with van der Waals surface area (Å²) in [5.41, 5.74) is 0.250. The Hall–Kier alpha value is -1.22. The van der Waals surface area contributed by atoms with Crippen LogP contribution in [-0.4, -0.2) is 23.5 Å². The molecule has 0 saturated carbocycles. The van der Waals surface area contributed by atoms with E-state index in [1.165, 1.54) is 198 Å². The number of benzene rings is 1. The van der Waals surface area contributed by atoms with Gasteiger partial charge < -0.3 is 27.7 Å². The third-order valence-electron chi connectivity index (χ3n) is 8.10. The summed E-state index contributed by atoms with van der Waals surface area (Å²) in [6, 6.07) is 7.42. The molecule has 3 N–H and O–H groups in total. The molecule has 0 atom stereocenters. The zero-order chi connectivity index (χ0) is 48.7. The minimum atomic E-state index is -4.00. The number of unbranched alkanes of at least 4 members (excludes halogenated alkanes) is 27. The Morgan fingerprint density at radius 2 is 0.672 bits per heavy atom. The number of hydrogen-bond acceptors (Lipinski definition) is 5. The molecule has 0 spiro atoms. The zero-order valence-electron chi connectivity index (χ0n) is 41.4. The van der Waals surface area contributed by atoms with Crippen molar-refractivity contribution in [2.24, 2.45) is 5.41 Å². The second-order valence-corrected chi connectivity index (χ2v) is 17.4. The number of hydrogen-bond donors (Lipinski definition) is 3. The molecule has 0 amide bonds. The molecule has 0 aliphatic rings. The van der Waals surface area contributed by atoms with Gasteiger partial charge in [0.25, 0.3) is 10.1 Å². The van der Waals surface area contributed by atoms with Crippen LogP contribution in [0.5, 0.6) is 0 Å². The summed E-state index contributed by atoms with van der Waals surface area (Å²) < 4.78 is 37.5. The maximum atomic E-state index is 10.4. The molecule has 0 aromatic heterocycles. The summed E-state index contributed by atoms with van der Waals surface area (Å²) in [6.45, 7) is 41.3. The van der Waals surface area contributed by atoms with Gasteiger partial charge in [-0.25, -0.2) is 39.2 Å². The molecule has 368 valence electrons. The van der Waals surface area contributed by atoms with E-state index in [1.54, 1.807) is 18.2 Å². The van der Waals surface area contributed by atoms with Gasteiger partial charge in [0.15, 0.2) is 0 Å². The molecular formula is C53H104O6STi-6. The predicted molar refractivity (Wildman–Crippen MR) is 270 cm³/mol. The van der Waals surface area contributed by atoms with Crippen molar-refractivity contribution in [2.75, 3.05) is 0 Å². The van der Waals surface area contributed by atoms with Crippen LogP contribution < -0.4 is 0 Å². The Morgan fingerprint density at radius 1 is 0.508 bits per heavy atom. The van der Waals surface area contributed by atoms with Gasteiger partial charge in [0.1, 0.15) is 0 Å². The summed E-state index contributed by atoms with van der Waals surface area (Å²) >= 11 is 0.750. The van der Waals surface area contributed by atoms with Crippen LogP contribution in [0.4, 0.5) is 0 Å². The van der Waals surface area contributed by atoms with Crippen LogP contribution in [0.1, 0.15) is 234 Å². The fourth-order valence-corrected chi connectivity index (χ4v) is 5.56. The average molecular weight is 917 g/mol. The number of rotatable bonds is 28. The van der Waals surface area contributed by atoms with Crippen molar-refractivity contribution in [1.82, 2.24) is 0 Å². The second kappa shape index (κ2) is 76.1. The Bertz CT molecular complexity index is 846. The molecule has 0 unspecified atom stereocenters. The van der Waals surface area contributed by atoms with E-state index in [9.17, 15) is 8.42 Å². The van der Waals surface area contributed by atoms with Gasteiger partial charge in [-0.3, -0.25) is 15.1 Å². The Kier molecular flexibility index (Phi) is 96.1. The first-order valence-electron chi connectivity index (χ1n) is 23.6. The standard InChI is InChI=1S/3C12H25.C6H6O3S.C5H11.2C3H5.H2O2.O.Ti/c3*1-3-5-7-9-11-12-10-8-6-4-2;7-10(8,9)6-4-2-1-3-5-6;1-5(2,3)4;2*1-3-2;1-2;;/h3*1,3-12H2,2H3;1-5H,(H,7,8,9);1H2,2-4H3;2*3H,1-2H2;1-2H;;/q3*-1;;3*-1;;;. The van der Waals surface area contributed by atoms with Crippen molar-refractivity contribution in [3.63, 3.8) is 0 Å². The molecule has 1 aromatic carbocycles. The van der Waals surface area contributed by atoms with Crippen LogP contribution in [0.3, 0.4) is 0 Å². The molecule has 61 heavy (non-hydrogen) atoms. The Morgan fingerprint density at radius 3 is 0.803 bits per heavy atom. The summed E-state index contributed by atoms with van der Waals surface area (Å²) in [6.07, 6.45) is 44.7. The van der Waals surface area contributed by atoms with Crippen LogP contribution in [0.25, 0.3) is 0 Å². The van der Waals surface area contributed by atoms with Crippen LogP contribution >= 0.6 is 0 Å². The Balaban J connectivity index is -0.0000000922. The van der Waals surface area contributed by atoms with Gasteiger partial charge in [-0.1, -0.05) is 233 Å². The van der Waals surface area contributed by atoms with Crippen molar-refractivity contribution in [3.05, 3.63) is 97.2 Å². The first-order chi connectivity index (χ1) is 29.2. The minimum absolute atomic E-state index is 0.0741. The van der Waals surface area contributed by atoms with Gasteiger partial charge in [-0.05, 0) is 12.1 Å². The monoisotopic (exact) mass is 917 g/mol. The molecular weight excluding hydrogens is 813 g/mol. The normalized spacial score (nSPS) is 9.57. The fraction of sp³-hybridized carbons (Fsp3) is 0.698. The molecule has 1 rings (SSSR count). The third kappa shape index (κ3) is 120. The van der Waals surface area contributed by atoms with E-state index in [4.69, 9.17) is 18.4 Å². The van der Waals surface area contributed by atoms with Crippen molar-refractivity contribution < 1.29 is 47.2 Å². The second-order valence-electron chi connectivity index (χ2n) is 16.0. The van der Waals surface area contributed by atoms with E-state index in [-0.39, 0.29) is 10.3 Å². The molecule has 8 heteroatoms. The Labute approximate surface area is 396 Å². The van der Waals surface area contributed by atoms with Crippen LogP contribution in [0.2, 0.25) is 0 Å². The molecule has 0 aliphatic heterocycles. The van der Waals surface area contributed by atoms with Gasteiger partial charge in [0, 0.05) is 0 Å². The van der Waals surface area contributed by atoms with Gasteiger partial charge in [-0.15, -0.1) is 0 Å². The molecule has 0 heterocycles. The summed E-state index contributed by atoms with van der Waals surface area (Å²) in [5.74, 6) is 0. The van der Waals surface area contributed by atoms with Crippen molar-refractivity contribution >= 4 is 10.1 Å². The van der Waals surface area contributed by atoms with Gasteiger partial charge in [0.05, 0.1) is 4.90 Å².